The molecule has 3 rings (SSSR count). The van der Waals surface area contributed by atoms with Crippen molar-refractivity contribution in [1.82, 2.24) is 9.88 Å². The van der Waals surface area contributed by atoms with E-state index in [-0.39, 0.29) is 40.2 Å². The summed E-state index contributed by atoms with van der Waals surface area (Å²) < 4.78 is 12.1. The minimum atomic E-state index is -1.03. The summed E-state index contributed by atoms with van der Waals surface area (Å²) in [5.41, 5.74) is 0.747. The predicted octanol–water partition coefficient (Wildman–Crippen LogP) is 5.39. The van der Waals surface area contributed by atoms with Gasteiger partial charge in [-0.3, -0.25) is 4.79 Å². The molecule has 3 aromatic rings. The maximum Gasteiger partial charge on any atom is 0.410 e. The lowest BCUT2D eigenvalue weighted by atomic mass is 10.0. The highest BCUT2D eigenvalue weighted by molar-refractivity contribution is 7.93. The van der Waals surface area contributed by atoms with Crippen LogP contribution >= 0.6 is 0 Å². The van der Waals surface area contributed by atoms with E-state index in [9.17, 15) is 24.6 Å². The van der Waals surface area contributed by atoms with Crippen LogP contribution in [0.1, 0.15) is 69.1 Å². The van der Waals surface area contributed by atoms with Gasteiger partial charge >= 0.3 is 12.1 Å². The van der Waals surface area contributed by atoms with Gasteiger partial charge in [-0.1, -0.05) is 18.2 Å². The highest BCUT2D eigenvalue weighted by Crippen LogP contribution is 2.34. The number of hydrogen-bond donors (Lipinski definition) is 3. The Morgan fingerprint density at radius 1 is 1.00 bits per heavy atom. The fourth-order valence-electron chi connectivity index (χ4n) is 3.74. The molecule has 0 aliphatic heterocycles. The van der Waals surface area contributed by atoms with Gasteiger partial charge in [0.25, 0.3) is 0 Å². The van der Waals surface area contributed by atoms with Crippen molar-refractivity contribution in [2.45, 2.75) is 64.5 Å². The molecule has 1 heterocycles. The second-order valence-corrected chi connectivity index (χ2v) is 13.6. The molecule has 0 fully saturated rings. The lowest BCUT2D eigenvalue weighted by Gasteiger charge is -2.31. The van der Waals surface area contributed by atoms with Crippen molar-refractivity contribution >= 4 is 34.1 Å². The molecule has 9 nitrogen and oxygen atoms in total. The molecule has 0 saturated carbocycles. The number of H-pyrrole nitrogens is 1. The van der Waals surface area contributed by atoms with Gasteiger partial charge in [-0.25, -0.2) is 9.59 Å². The van der Waals surface area contributed by atoms with Crippen LogP contribution in [0.4, 0.5) is 4.79 Å². The third-order valence-electron chi connectivity index (χ3n) is 5.99. The standard InChI is InChI=1S/C29H36N2O7S/c1-28(2,3)37-27(36)31(16-18-8-10-19(11-9-18)26(34)35)17-23(38-39(7)29(4,5)6)20-12-14-22(32)25-21(20)13-15-24(33)30-25/h8-15,23H,16-17H2,1-7H3,(H2-,30,32,33,34,35)/p+1/t23-,39?/m0/s1. The summed E-state index contributed by atoms with van der Waals surface area (Å²) in [7, 11) is 0. The van der Waals surface area contributed by atoms with Crippen molar-refractivity contribution in [2.24, 2.45) is 0 Å². The smallest absolute Gasteiger partial charge is 0.410 e. The Labute approximate surface area is 231 Å². The fourth-order valence-corrected chi connectivity index (χ4v) is 4.54. The van der Waals surface area contributed by atoms with Gasteiger partial charge in [0.2, 0.25) is 5.56 Å². The Morgan fingerprint density at radius 3 is 2.21 bits per heavy atom. The van der Waals surface area contributed by atoms with Gasteiger partial charge in [0.15, 0.2) is 10.9 Å². The number of ether oxygens (including phenoxy) is 1. The van der Waals surface area contributed by atoms with Gasteiger partial charge in [-0.15, -0.1) is 0 Å². The van der Waals surface area contributed by atoms with E-state index in [1.807, 2.05) is 6.26 Å². The number of aromatic hydroxyl groups is 1. The van der Waals surface area contributed by atoms with E-state index in [1.54, 1.807) is 45.0 Å². The Balaban J connectivity index is 2.08. The molecule has 2 aromatic carbocycles. The first-order valence-electron chi connectivity index (χ1n) is 12.5. The molecular formula is C29H37N2O7S+. The molecule has 0 aliphatic carbocycles. The van der Waals surface area contributed by atoms with E-state index >= 15 is 0 Å². The number of carbonyl (C=O) groups is 2. The summed E-state index contributed by atoms with van der Waals surface area (Å²) >= 11 is -0.553. The first kappa shape index (κ1) is 30.0. The lowest BCUT2D eigenvalue weighted by molar-refractivity contribution is 0.0158. The van der Waals surface area contributed by atoms with Crippen LogP contribution in [0.15, 0.2) is 53.3 Å². The van der Waals surface area contributed by atoms with E-state index in [4.69, 9.17) is 8.92 Å². The molecule has 210 valence electrons. The maximum atomic E-state index is 13.4. The number of fused-ring (bicyclic) bond motifs is 1. The molecule has 0 spiro atoms. The molecule has 0 radical (unpaired) electrons. The maximum absolute atomic E-state index is 13.4. The molecule has 10 heteroatoms. The molecule has 1 unspecified atom stereocenters. The highest BCUT2D eigenvalue weighted by Gasteiger charge is 2.38. The average molecular weight is 558 g/mol. The number of pyridine rings is 1. The van der Waals surface area contributed by atoms with Crippen molar-refractivity contribution in [2.75, 3.05) is 12.8 Å². The van der Waals surface area contributed by atoms with Gasteiger partial charge in [0, 0.05) is 18.0 Å². The Morgan fingerprint density at radius 2 is 1.64 bits per heavy atom. The van der Waals surface area contributed by atoms with Gasteiger partial charge in [0.1, 0.15) is 28.8 Å². The van der Waals surface area contributed by atoms with Crippen molar-refractivity contribution in [1.29, 1.82) is 0 Å². The zero-order chi connectivity index (χ0) is 29.1. The summed E-state index contributed by atoms with van der Waals surface area (Å²) in [6.45, 7) is 11.8. The Hall–Kier alpha value is -3.50. The van der Waals surface area contributed by atoms with Gasteiger partial charge in [-0.2, -0.15) is 4.18 Å². The minimum Gasteiger partial charge on any atom is -0.506 e. The van der Waals surface area contributed by atoms with E-state index in [1.165, 1.54) is 29.2 Å². The van der Waals surface area contributed by atoms with E-state index in [0.29, 0.717) is 10.9 Å². The number of hydrogen-bond acceptors (Lipinski definition) is 6. The van der Waals surface area contributed by atoms with Gasteiger partial charge in [-0.05, 0) is 76.9 Å². The molecule has 0 saturated heterocycles. The molecule has 0 bridgehead atoms. The number of nitrogens with zero attached hydrogens (tertiary/aromatic N) is 1. The third kappa shape index (κ3) is 8.00. The average Bonchev–Trinajstić information content (AvgIpc) is 2.82. The zero-order valence-electron chi connectivity index (χ0n) is 23.4. The minimum absolute atomic E-state index is 0.0703. The second-order valence-electron chi connectivity index (χ2n) is 11.3. The zero-order valence-corrected chi connectivity index (χ0v) is 24.2. The molecule has 1 aromatic heterocycles. The normalized spacial score (nSPS) is 13.6. The number of carbonyl (C=O) groups excluding carboxylic acids is 1. The van der Waals surface area contributed by atoms with Crippen molar-refractivity contribution in [3.63, 3.8) is 0 Å². The van der Waals surface area contributed by atoms with Crippen LogP contribution in [0.3, 0.4) is 0 Å². The molecule has 39 heavy (non-hydrogen) atoms. The van der Waals surface area contributed by atoms with Crippen LogP contribution in [0, 0.1) is 0 Å². The summed E-state index contributed by atoms with van der Waals surface area (Å²) in [5.74, 6) is -1.10. The van der Waals surface area contributed by atoms with E-state index in [0.717, 1.165) is 5.56 Å². The highest BCUT2D eigenvalue weighted by atomic mass is 32.2. The Bertz CT molecular complexity index is 1390. The summed E-state index contributed by atoms with van der Waals surface area (Å²) in [6.07, 6.45) is 0.791. The van der Waals surface area contributed by atoms with Crippen molar-refractivity contribution in [3.05, 3.63) is 75.6 Å². The number of phenolic OH excluding ortho intramolecular Hbond substituents is 1. The second kappa shape index (κ2) is 11.7. The first-order chi connectivity index (χ1) is 18.0. The van der Waals surface area contributed by atoms with Crippen molar-refractivity contribution < 1.29 is 28.7 Å². The third-order valence-corrected chi connectivity index (χ3v) is 8.23. The Kier molecular flexibility index (Phi) is 9.02. The van der Waals surface area contributed by atoms with E-state index in [2.05, 4.69) is 25.8 Å². The summed E-state index contributed by atoms with van der Waals surface area (Å²) in [5, 5.41) is 20.3. The number of benzene rings is 2. The van der Waals surface area contributed by atoms with Gasteiger partial charge in [0.05, 0.1) is 17.6 Å². The quantitative estimate of drug-likeness (QED) is 0.317. The number of aromatic nitrogens is 1. The lowest BCUT2D eigenvalue weighted by Crippen LogP contribution is -2.40. The summed E-state index contributed by atoms with van der Waals surface area (Å²) in [6, 6.07) is 12.6. The number of carboxylic acid groups (broad SMARTS) is 1. The van der Waals surface area contributed by atoms with Crippen LogP contribution in [0.5, 0.6) is 5.75 Å². The summed E-state index contributed by atoms with van der Waals surface area (Å²) in [4.78, 5) is 40.9. The number of rotatable bonds is 8. The first-order valence-corrected chi connectivity index (χ1v) is 14.1. The molecule has 3 N–H and O–H groups in total. The van der Waals surface area contributed by atoms with Crippen molar-refractivity contribution in [3.8, 4) is 5.75 Å². The SMILES string of the molecule is C[S+](O[C@@H](CN(Cc1ccc(C(=O)O)cc1)C(=O)OC(C)(C)C)c1ccc(O)c2[nH]c(=O)ccc12)C(C)(C)C. The molecule has 2 atom stereocenters. The number of aromatic amines is 1. The number of phenols is 1. The van der Waals surface area contributed by atoms with Crippen LogP contribution in [0.25, 0.3) is 10.9 Å². The van der Waals surface area contributed by atoms with Crippen LogP contribution in [-0.2, 0) is 26.6 Å². The molecular weight excluding hydrogens is 520 g/mol. The number of nitrogens with one attached hydrogen (secondary N) is 1. The van der Waals surface area contributed by atoms with Gasteiger partial charge < -0.3 is 24.8 Å². The van der Waals surface area contributed by atoms with Crippen LogP contribution in [0.2, 0.25) is 0 Å². The number of aromatic carboxylic acids is 1. The molecule has 0 aliphatic rings. The molecule has 1 amide bonds. The predicted molar refractivity (Wildman–Crippen MR) is 153 cm³/mol. The topological polar surface area (TPSA) is 129 Å². The largest absolute Gasteiger partial charge is 0.506 e. The fraction of sp³-hybridized carbons (Fsp3) is 0.414. The van der Waals surface area contributed by atoms with Crippen LogP contribution in [-0.4, -0.2) is 55.3 Å². The monoisotopic (exact) mass is 557 g/mol. The number of amides is 1. The van der Waals surface area contributed by atoms with E-state index < -0.39 is 34.9 Å². The number of carboxylic acids is 1. The van der Waals surface area contributed by atoms with Crippen LogP contribution < -0.4 is 5.56 Å².